The Morgan fingerprint density at radius 3 is 1.64 bits per heavy atom. The smallest absolute Gasteiger partial charge is 0.460 e. The van der Waals surface area contributed by atoms with Gasteiger partial charge in [0.25, 0.3) is 0 Å². The Hall–Kier alpha value is -2.82. The first-order valence-electron chi connectivity index (χ1n) is 11.8. The SMILES string of the molecule is CC(=O)OCc1cccc([Si@@](C)(CCC(F)(F)C(F)(F)C(F)(F)C(F)(F)C(F)(F)C(F)(F)F)c2cccc(CO)c2)c1. The lowest BCUT2D eigenvalue weighted by Gasteiger charge is -2.40. The van der Waals surface area contributed by atoms with Gasteiger partial charge >= 0.3 is 41.8 Å². The fourth-order valence-corrected chi connectivity index (χ4v) is 7.68. The Kier molecular flexibility index (Phi) is 9.85. The molecule has 236 valence electrons. The van der Waals surface area contributed by atoms with Crippen molar-refractivity contribution in [1.29, 1.82) is 0 Å². The summed E-state index contributed by atoms with van der Waals surface area (Å²) in [7, 11) is -3.82. The number of carbonyl (C=O) groups excluding carboxylic acids is 1. The van der Waals surface area contributed by atoms with Crippen LogP contribution >= 0.6 is 0 Å². The van der Waals surface area contributed by atoms with Gasteiger partial charge in [-0.2, -0.15) is 57.1 Å². The fraction of sp³-hybridized carbons (Fsp3) is 0.480. The molecule has 1 atom stereocenters. The molecular formula is C25H23F13O3Si. The Morgan fingerprint density at radius 1 is 0.738 bits per heavy atom. The number of carbonyl (C=O) groups is 1. The van der Waals surface area contributed by atoms with E-state index in [0.29, 0.717) is 0 Å². The van der Waals surface area contributed by atoms with Crippen molar-refractivity contribution in [1.82, 2.24) is 0 Å². The second-order valence-electron chi connectivity index (χ2n) is 9.67. The Balaban J connectivity index is 2.59. The van der Waals surface area contributed by atoms with Gasteiger partial charge in [0.2, 0.25) is 0 Å². The van der Waals surface area contributed by atoms with Crippen LogP contribution in [-0.2, 0) is 22.7 Å². The van der Waals surface area contributed by atoms with E-state index in [9.17, 15) is 67.0 Å². The van der Waals surface area contributed by atoms with Crippen LogP contribution in [0.15, 0.2) is 48.5 Å². The number of benzene rings is 2. The lowest BCUT2D eigenvalue weighted by molar-refractivity contribution is -0.439. The number of rotatable bonds is 12. The van der Waals surface area contributed by atoms with Crippen LogP contribution in [0.5, 0.6) is 0 Å². The lowest BCUT2D eigenvalue weighted by Crippen LogP contribution is -2.70. The normalized spacial score (nSPS) is 15.3. The zero-order valence-electron chi connectivity index (χ0n) is 21.6. The van der Waals surface area contributed by atoms with Gasteiger partial charge < -0.3 is 9.84 Å². The third-order valence-corrected chi connectivity index (χ3v) is 11.1. The highest BCUT2D eigenvalue weighted by Crippen LogP contribution is 2.60. The van der Waals surface area contributed by atoms with Crippen LogP contribution in [0, 0.1) is 0 Å². The van der Waals surface area contributed by atoms with Crippen molar-refractivity contribution in [2.45, 2.75) is 74.9 Å². The van der Waals surface area contributed by atoms with Crippen molar-refractivity contribution in [3.8, 4) is 0 Å². The van der Waals surface area contributed by atoms with E-state index in [4.69, 9.17) is 4.74 Å². The van der Waals surface area contributed by atoms with Crippen molar-refractivity contribution < 1.29 is 71.7 Å². The van der Waals surface area contributed by atoms with E-state index in [1.807, 2.05) is 0 Å². The van der Waals surface area contributed by atoms with E-state index in [2.05, 4.69) is 0 Å². The van der Waals surface area contributed by atoms with Crippen LogP contribution in [-0.4, -0.2) is 54.9 Å². The van der Waals surface area contributed by atoms with Crippen LogP contribution in [0.2, 0.25) is 12.6 Å². The maximum absolute atomic E-state index is 14.7. The maximum atomic E-state index is 14.7. The molecule has 2 rings (SSSR count). The van der Waals surface area contributed by atoms with Crippen LogP contribution in [0.4, 0.5) is 57.1 Å². The average molecular weight is 647 g/mol. The summed E-state index contributed by atoms with van der Waals surface area (Å²) < 4.78 is 182. The minimum atomic E-state index is -7.97. The van der Waals surface area contributed by atoms with Crippen LogP contribution in [0.3, 0.4) is 0 Å². The largest absolute Gasteiger partial charge is 0.461 e. The topological polar surface area (TPSA) is 46.5 Å². The summed E-state index contributed by atoms with van der Waals surface area (Å²) >= 11 is 0. The van der Waals surface area contributed by atoms with E-state index in [0.717, 1.165) is 6.92 Å². The van der Waals surface area contributed by atoms with Gasteiger partial charge in [0, 0.05) is 13.3 Å². The molecule has 0 unspecified atom stereocenters. The summed E-state index contributed by atoms with van der Waals surface area (Å²) in [6.45, 7) is 1.46. The second-order valence-corrected chi connectivity index (χ2v) is 14.0. The van der Waals surface area contributed by atoms with Gasteiger partial charge in [0.05, 0.1) is 6.61 Å². The molecule has 0 spiro atoms. The molecule has 0 amide bonds. The van der Waals surface area contributed by atoms with E-state index < -0.39 is 68.9 Å². The quantitative estimate of drug-likeness (QED) is 0.162. The highest BCUT2D eigenvalue weighted by Gasteiger charge is 2.90. The molecule has 0 saturated carbocycles. The average Bonchev–Trinajstić information content (AvgIpc) is 2.89. The Bertz CT molecular complexity index is 1260. The van der Waals surface area contributed by atoms with Gasteiger partial charge in [0.15, 0.2) is 0 Å². The number of aliphatic hydroxyl groups is 1. The van der Waals surface area contributed by atoms with Gasteiger partial charge in [-0.05, 0) is 17.2 Å². The van der Waals surface area contributed by atoms with Crippen LogP contribution in [0.25, 0.3) is 0 Å². The van der Waals surface area contributed by atoms with Crippen LogP contribution < -0.4 is 10.4 Å². The molecule has 0 aliphatic rings. The standard InChI is InChI=1S/C25H23F13O3Si/c1-15(40)41-14-17-6-4-8-19(12-17)42(2,18-7-3-5-16(11-18)13-39)10-9-20(26,27)21(28,29)22(30,31)23(32,33)24(34,35)25(36,37)38/h3-8,11-12,39H,9-10,13-14H2,1-2H3/t42-/m0/s1. The third kappa shape index (κ3) is 6.26. The summed E-state index contributed by atoms with van der Waals surface area (Å²) in [6.07, 6.45) is -9.82. The van der Waals surface area contributed by atoms with Gasteiger partial charge in [-0.3, -0.25) is 4.79 Å². The third-order valence-electron chi connectivity index (χ3n) is 6.69. The van der Waals surface area contributed by atoms with Crippen molar-refractivity contribution in [2.24, 2.45) is 0 Å². The molecule has 0 saturated heterocycles. The first-order valence-corrected chi connectivity index (χ1v) is 14.5. The van der Waals surface area contributed by atoms with Crippen molar-refractivity contribution in [3.63, 3.8) is 0 Å². The summed E-state index contributed by atoms with van der Waals surface area (Å²) in [5.74, 6) is -37.9. The number of esters is 1. The predicted molar refractivity (Wildman–Crippen MR) is 125 cm³/mol. The van der Waals surface area contributed by atoms with E-state index in [1.54, 1.807) is 0 Å². The molecule has 0 bridgehead atoms. The fourth-order valence-electron chi connectivity index (χ4n) is 4.02. The number of halogens is 13. The van der Waals surface area contributed by atoms with Gasteiger partial charge in [0.1, 0.15) is 14.7 Å². The molecule has 0 fully saturated rings. The van der Waals surface area contributed by atoms with Crippen molar-refractivity contribution in [3.05, 3.63) is 59.7 Å². The van der Waals surface area contributed by atoms with Crippen LogP contribution in [0.1, 0.15) is 24.5 Å². The summed E-state index contributed by atoms with van der Waals surface area (Å²) in [5.41, 5.74) is 0.484. The molecular weight excluding hydrogens is 623 g/mol. The molecule has 0 heterocycles. The minimum Gasteiger partial charge on any atom is -0.461 e. The molecule has 2 aromatic rings. The molecule has 0 aliphatic carbocycles. The molecule has 0 aliphatic heterocycles. The maximum Gasteiger partial charge on any atom is 0.460 e. The first-order chi connectivity index (χ1) is 18.9. The summed E-state index contributed by atoms with van der Waals surface area (Å²) in [4.78, 5) is 11.2. The zero-order chi connectivity index (χ0) is 32.6. The number of hydrogen-bond acceptors (Lipinski definition) is 3. The monoisotopic (exact) mass is 646 g/mol. The molecule has 1 N–H and O–H groups in total. The van der Waals surface area contributed by atoms with E-state index in [1.165, 1.54) is 55.1 Å². The lowest BCUT2D eigenvalue weighted by atomic mass is 9.93. The van der Waals surface area contributed by atoms with Gasteiger partial charge in [-0.15, -0.1) is 0 Å². The number of hydrogen-bond donors (Lipinski definition) is 1. The molecule has 2 aromatic carbocycles. The molecule has 0 aromatic heterocycles. The molecule has 17 heteroatoms. The first kappa shape index (κ1) is 35.4. The zero-order valence-corrected chi connectivity index (χ0v) is 22.6. The van der Waals surface area contributed by atoms with Crippen molar-refractivity contribution in [2.75, 3.05) is 0 Å². The highest BCUT2D eigenvalue weighted by atomic mass is 28.3. The summed E-state index contributed by atoms with van der Waals surface area (Å²) in [6, 6.07) is 9.65. The van der Waals surface area contributed by atoms with E-state index in [-0.39, 0.29) is 28.1 Å². The summed E-state index contributed by atoms with van der Waals surface area (Å²) in [5, 5.41) is 9.78. The highest BCUT2D eigenvalue weighted by molar-refractivity contribution is 7.01. The molecule has 3 nitrogen and oxygen atoms in total. The number of aliphatic hydroxyl groups excluding tert-OH is 1. The van der Waals surface area contributed by atoms with Gasteiger partial charge in [-0.1, -0.05) is 65.5 Å². The molecule has 0 radical (unpaired) electrons. The second kappa shape index (κ2) is 11.7. The van der Waals surface area contributed by atoms with Crippen molar-refractivity contribution >= 4 is 24.4 Å². The Labute approximate surface area is 231 Å². The number of alkyl halides is 13. The van der Waals surface area contributed by atoms with E-state index >= 15 is 0 Å². The predicted octanol–water partition coefficient (Wildman–Crippen LogP) is 6.56. The minimum absolute atomic E-state index is 0.151. The number of ether oxygens (including phenoxy) is 1. The molecule has 42 heavy (non-hydrogen) atoms. The Morgan fingerprint density at radius 2 is 1.19 bits per heavy atom. The van der Waals surface area contributed by atoms with Gasteiger partial charge in [-0.25, -0.2) is 0 Å².